The Hall–Kier alpha value is -0.610. The van der Waals surface area contributed by atoms with E-state index in [1.165, 1.54) is 12.8 Å². The van der Waals surface area contributed by atoms with Crippen LogP contribution in [0.1, 0.15) is 52.4 Å². The Bertz CT molecular complexity index is 311. The summed E-state index contributed by atoms with van der Waals surface area (Å²) in [5.74, 6) is 0.229. The van der Waals surface area contributed by atoms with Gasteiger partial charge in [-0.2, -0.15) is 0 Å². The lowest BCUT2D eigenvalue weighted by molar-refractivity contribution is -0.130. The molecule has 1 amide bonds. The molecule has 0 radical (unpaired) electrons. The molecule has 1 saturated heterocycles. The van der Waals surface area contributed by atoms with E-state index in [-0.39, 0.29) is 11.5 Å². The Balaban J connectivity index is 1.77. The maximum absolute atomic E-state index is 12.0. The summed E-state index contributed by atoms with van der Waals surface area (Å²) in [6, 6.07) is 0.930. The highest BCUT2D eigenvalue weighted by atomic mass is 16.5. The third-order valence-corrected chi connectivity index (χ3v) is 4.81. The van der Waals surface area contributed by atoms with Crippen LogP contribution in [0.3, 0.4) is 0 Å². The molecule has 1 heterocycles. The van der Waals surface area contributed by atoms with Gasteiger partial charge < -0.3 is 15.0 Å². The molecule has 4 nitrogen and oxygen atoms in total. The van der Waals surface area contributed by atoms with Crippen LogP contribution in [0.5, 0.6) is 0 Å². The van der Waals surface area contributed by atoms with Crippen LogP contribution in [-0.4, -0.2) is 48.7 Å². The van der Waals surface area contributed by atoms with Gasteiger partial charge in [-0.3, -0.25) is 4.79 Å². The van der Waals surface area contributed by atoms with Gasteiger partial charge in [-0.1, -0.05) is 13.8 Å². The van der Waals surface area contributed by atoms with Gasteiger partial charge in [0.15, 0.2) is 0 Å². The first-order chi connectivity index (χ1) is 9.10. The van der Waals surface area contributed by atoms with Gasteiger partial charge in [0.25, 0.3) is 0 Å². The van der Waals surface area contributed by atoms with Crippen molar-refractivity contribution in [2.45, 2.75) is 70.1 Å². The van der Waals surface area contributed by atoms with E-state index in [0.29, 0.717) is 18.6 Å². The van der Waals surface area contributed by atoms with Crippen molar-refractivity contribution in [3.05, 3.63) is 0 Å². The fraction of sp³-hybridized carbons (Fsp3) is 0.933. The van der Waals surface area contributed by atoms with Gasteiger partial charge >= 0.3 is 0 Å². The third-order valence-electron chi connectivity index (χ3n) is 4.81. The van der Waals surface area contributed by atoms with Crippen molar-refractivity contribution >= 4 is 5.91 Å². The highest BCUT2D eigenvalue weighted by Crippen LogP contribution is 2.31. The number of hydrogen-bond donors (Lipinski definition) is 1. The Labute approximate surface area is 116 Å². The zero-order chi connectivity index (χ0) is 13.9. The van der Waals surface area contributed by atoms with E-state index < -0.39 is 0 Å². The van der Waals surface area contributed by atoms with Crippen molar-refractivity contribution in [1.29, 1.82) is 0 Å². The maximum atomic E-state index is 12.0. The number of ether oxygens (including phenoxy) is 1. The summed E-state index contributed by atoms with van der Waals surface area (Å²) in [6.45, 7) is 5.67. The summed E-state index contributed by atoms with van der Waals surface area (Å²) in [5.41, 5.74) is 0.0291. The van der Waals surface area contributed by atoms with Crippen molar-refractivity contribution in [1.82, 2.24) is 10.2 Å². The summed E-state index contributed by atoms with van der Waals surface area (Å²) in [5, 5.41) is 3.44. The van der Waals surface area contributed by atoms with E-state index in [9.17, 15) is 4.79 Å². The lowest BCUT2D eigenvalue weighted by Crippen LogP contribution is -2.49. The number of nitrogens with one attached hydrogen (secondary N) is 1. The number of nitrogens with zero attached hydrogens (tertiary/aromatic N) is 1. The van der Waals surface area contributed by atoms with Crippen LogP contribution < -0.4 is 5.32 Å². The second kappa shape index (κ2) is 6.23. The molecule has 1 aliphatic heterocycles. The van der Waals surface area contributed by atoms with E-state index in [1.54, 1.807) is 0 Å². The van der Waals surface area contributed by atoms with E-state index >= 15 is 0 Å². The minimum absolute atomic E-state index is 0.0291. The molecular formula is C15H28N2O2. The van der Waals surface area contributed by atoms with Crippen LogP contribution in [0.2, 0.25) is 0 Å². The zero-order valence-corrected chi connectivity index (χ0v) is 12.6. The lowest BCUT2D eigenvalue weighted by Gasteiger charge is -2.40. The van der Waals surface area contributed by atoms with Crippen molar-refractivity contribution in [3.63, 3.8) is 0 Å². The monoisotopic (exact) mass is 268 g/mol. The Morgan fingerprint density at radius 1 is 1.32 bits per heavy atom. The van der Waals surface area contributed by atoms with Gasteiger partial charge in [0.05, 0.1) is 12.1 Å². The molecule has 0 spiro atoms. The topological polar surface area (TPSA) is 41.6 Å². The summed E-state index contributed by atoms with van der Waals surface area (Å²) in [4.78, 5) is 13.9. The summed E-state index contributed by atoms with van der Waals surface area (Å²) in [7, 11) is 1.92. The van der Waals surface area contributed by atoms with Crippen molar-refractivity contribution in [2.24, 2.45) is 0 Å². The molecule has 2 aliphatic rings. The standard InChI is InChI=1S/C15H28N2O2/c1-4-15(5-2)10-12(8-9-19-15)16-11-14(18)17(3)13-6-7-13/h12-13,16H,4-11H2,1-3H3. The first-order valence-electron chi connectivity index (χ1n) is 7.73. The highest BCUT2D eigenvalue weighted by molar-refractivity contribution is 5.78. The zero-order valence-electron chi connectivity index (χ0n) is 12.6. The predicted octanol–water partition coefficient (Wildman–Crippen LogP) is 1.93. The van der Waals surface area contributed by atoms with Gasteiger partial charge in [-0.05, 0) is 38.5 Å². The van der Waals surface area contributed by atoms with Gasteiger partial charge in [0.1, 0.15) is 0 Å². The van der Waals surface area contributed by atoms with Gasteiger partial charge in [-0.25, -0.2) is 0 Å². The average Bonchev–Trinajstić information content (AvgIpc) is 3.28. The molecule has 0 aromatic heterocycles. The van der Waals surface area contributed by atoms with Crippen molar-refractivity contribution in [2.75, 3.05) is 20.2 Å². The van der Waals surface area contributed by atoms with Crippen LogP contribution >= 0.6 is 0 Å². The van der Waals surface area contributed by atoms with Crippen molar-refractivity contribution < 1.29 is 9.53 Å². The normalized spacial score (nSPS) is 26.2. The van der Waals surface area contributed by atoms with Gasteiger partial charge in [0, 0.05) is 25.7 Å². The van der Waals surface area contributed by atoms with Crippen LogP contribution in [0.4, 0.5) is 0 Å². The van der Waals surface area contributed by atoms with E-state index in [0.717, 1.165) is 32.3 Å². The second-order valence-electron chi connectivity index (χ2n) is 6.05. The summed E-state index contributed by atoms with van der Waals surface area (Å²) in [6.07, 6.45) is 6.50. The minimum Gasteiger partial charge on any atom is -0.375 e. The van der Waals surface area contributed by atoms with E-state index in [4.69, 9.17) is 4.74 Å². The summed E-state index contributed by atoms with van der Waals surface area (Å²) >= 11 is 0. The summed E-state index contributed by atoms with van der Waals surface area (Å²) < 4.78 is 5.96. The number of rotatable bonds is 6. The molecule has 2 rings (SSSR count). The molecule has 0 aromatic rings. The van der Waals surface area contributed by atoms with Gasteiger partial charge in [0.2, 0.25) is 5.91 Å². The van der Waals surface area contributed by atoms with E-state index in [1.807, 2.05) is 11.9 Å². The molecule has 1 unspecified atom stereocenters. The fourth-order valence-electron chi connectivity index (χ4n) is 2.97. The molecule has 1 aliphatic carbocycles. The first-order valence-corrected chi connectivity index (χ1v) is 7.73. The number of amides is 1. The molecule has 1 atom stereocenters. The van der Waals surface area contributed by atoms with Crippen LogP contribution in [0.15, 0.2) is 0 Å². The molecule has 110 valence electrons. The maximum Gasteiger partial charge on any atom is 0.236 e. The quantitative estimate of drug-likeness (QED) is 0.800. The Morgan fingerprint density at radius 3 is 2.58 bits per heavy atom. The third kappa shape index (κ3) is 3.69. The van der Waals surface area contributed by atoms with Crippen LogP contribution in [-0.2, 0) is 9.53 Å². The Morgan fingerprint density at radius 2 is 2.00 bits per heavy atom. The predicted molar refractivity (Wildman–Crippen MR) is 76.1 cm³/mol. The number of carbonyl (C=O) groups is 1. The Kier molecular flexibility index (Phi) is 4.85. The van der Waals surface area contributed by atoms with Crippen molar-refractivity contribution in [3.8, 4) is 0 Å². The highest BCUT2D eigenvalue weighted by Gasteiger charge is 2.35. The molecule has 2 fully saturated rings. The van der Waals surface area contributed by atoms with Crippen LogP contribution in [0, 0.1) is 0 Å². The fourth-order valence-corrected chi connectivity index (χ4v) is 2.97. The SMILES string of the molecule is CCC1(CC)CC(NCC(=O)N(C)C2CC2)CCO1. The molecule has 4 heteroatoms. The average molecular weight is 268 g/mol. The molecular weight excluding hydrogens is 240 g/mol. The number of carbonyl (C=O) groups excluding carboxylic acids is 1. The first kappa shape index (κ1) is 14.8. The van der Waals surface area contributed by atoms with Crippen LogP contribution in [0.25, 0.3) is 0 Å². The lowest BCUT2D eigenvalue weighted by atomic mass is 9.86. The molecule has 1 N–H and O–H groups in total. The molecule has 19 heavy (non-hydrogen) atoms. The largest absolute Gasteiger partial charge is 0.375 e. The number of hydrogen-bond acceptors (Lipinski definition) is 3. The minimum atomic E-state index is 0.0291. The number of likely N-dealkylation sites (N-methyl/N-ethyl adjacent to an activating group) is 1. The smallest absolute Gasteiger partial charge is 0.236 e. The van der Waals surface area contributed by atoms with Gasteiger partial charge in [-0.15, -0.1) is 0 Å². The second-order valence-corrected chi connectivity index (χ2v) is 6.05. The molecule has 0 bridgehead atoms. The molecule has 0 aromatic carbocycles. The van der Waals surface area contributed by atoms with E-state index in [2.05, 4.69) is 19.2 Å². The molecule has 1 saturated carbocycles.